The molecule has 4 aromatic heterocycles. The van der Waals surface area contributed by atoms with Gasteiger partial charge in [0.05, 0.1) is 17.1 Å². The summed E-state index contributed by atoms with van der Waals surface area (Å²) >= 11 is 0. The summed E-state index contributed by atoms with van der Waals surface area (Å²) in [4.78, 5) is 20.5. The number of hydrogen-bond acceptors (Lipinski definition) is 4. The molecule has 0 spiro atoms. The van der Waals surface area contributed by atoms with Gasteiger partial charge in [0.15, 0.2) is 11.5 Å². The average molecular weight is 754 g/mol. The molecular weight excluding hydrogens is 719 g/mol. The van der Waals surface area contributed by atoms with Crippen molar-refractivity contribution in [2.75, 3.05) is 0 Å². The quantitative estimate of drug-likeness (QED) is 0.163. The Morgan fingerprint density at radius 3 is 1.41 bits per heavy atom. The molecule has 0 saturated carbocycles. The lowest BCUT2D eigenvalue weighted by Crippen LogP contribution is -1.96. The molecule has 0 aliphatic carbocycles. The summed E-state index contributed by atoms with van der Waals surface area (Å²) in [5, 5.41) is 2.17. The number of nitrogens with zero attached hydrogens (tertiary/aromatic N) is 5. The monoisotopic (exact) mass is 753 g/mol. The van der Waals surface area contributed by atoms with Crippen molar-refractivity contribution in [3.63, 3.8) is 0 Å². The minimum absolute atomic E-state index is 0.675. The summed E-state index contributed by atoms with van der Waals surface area (Å²) in [6, 6.07) is 71.9. The van der Waals surface area contributed by atoms with Crippen LogP contribution in [0.1, 0.15) is 0 Å². The van der Waals surface area contributed by atoms with Gasteiger partial charge in [-0.2, -0.15) is 0 Å². The van der Waals surface area contributed by atoms with E-state index in [0.717, 1.165) is 78.0 Å². The standard InChI is InChI=1S/C54H35N5/c1-3-12-36(13-4-1)38-21-27-41(28-22-38)48-35-49(42-29-23-39(24-30-42)37-14-5-2-6-15-37)56-53(55-48)43-31-25-40(26-32-43)44-16-11-17-45(34-44)51-46-18-7-8-19-47(46)52-54(58-51)59-33-10-9-20-50(59)57-52/h1-35H. The van der Waals surface area contributed by atoms with Crippen LogP contribution in [0.2, 0.25) is 0 Å². The number of pyridine rings is 2. The van der Waals surface area contributed by atoms with Gasteiger partial charge in [0, 0.05) is 39.2 Å². The van der Waals surface area contributed by atoms with Crippen LogP contribution in [-0.4, -0.2) is 24.3 Å². The van der Waals surface area contributed by atoms with E-state index >= 15 is 0 Å². The summed E-state index contributed by atoms with van der Waals surface area (Å²) in [5.74, 6) is 0.675. The Hall–Kier alpha value is -8.02. The molecule has 0 amide bonds. The first kappa shape index (κ1) is 34.2. The van der Waals surface area contributed by atoms with Crippen LogP contribution in [0.3, 0.4) is 0 Å². The SMILES string of the molecule is c1ccc(-c2ccc(-c3cc(-c4ccc(-c5ccccc5)cc4)nc(-c4ccc(-c5cccc(-c6nc7c(nc8ccccn87)c7ccccc67)c5)cc4)n3)cc2)cc1. The zero-order valence-electron chi connectivity index (χ0n) is 31.9. The highest BCUT2D eigenvalue weighted by Crippen LogP contribution is 2.36. The summed E-state index contributed by atoms with van der Waals surface area (Å²) in [6.45, 7) is 0. The molecule has 0 bridgehead atoms. The highest BCUT2D eigenvalue weighted by molar-refractivity contribution is 6.09. The molecular formula is C54H35N5. The topological polar surface area (TPSA) is 56.0 Å². The third kappa shape index (κ3) is 6.41. The van der Waals surface area contributed by atoms with Crippen LogP contribution in [0.15, 0.2) is 212 Å². The largest absolute Gasteiger partial charge is 0.284 e. The molecule has 0 unspecified atom stereocenters. The molecule has 5 nitrogen and oxygen atoms in total. The van der Waals surface area contributed by atoms with Gasteiger partial charge in [-0.1, -0.05) is 182 Å². The fourth-order valence-electron chi connectivity index (χ4n) is 8.01. The molecule has 0 aliphatic heterocycles. The van der Waals surface area contributed by atoms with Gasteiger partial charge >= 0.3 is 0 Å². The molecule has 0 fully saturated rings. The second-order valence-electron chi connectivity index (χ2n) is 14.7. The normalized spacial score (nSPS) is 11.4. The minimum Gasteiger partial charge on any atom is -0.284 e. The molecule has 11 aromatic rings. The van der Waals surface area contributed by atoms with Crippen LogP contribution < -0.4 is 0 Å². The van der Waals surface area contributed by atoms with E-state index in [4.69, 9.17) is 19.9 Å². The number of rotatable bonds is 7. The van der Waals surface area contributed by atoms with Crippen molar-refractivity contribution in [1.82, 2.24) is 24.3 Å². The maximum atomic E-state index is 5.24. The Morgan fingerprint density at radius 1 is 0.305 bits per heavy atom. The molecule has 0 atom stereocenters. The van der Waals surface area contributed by atoms with Gasteiger partial charge in [0.2, 0.25) is 0 Å². The van der Waals surface area contributed by atoms with Crippen LogP contribution in [0.5, 0.6) is 0 Å². The molecule has 0 saturated heterocycles. The molecule has 0 N–H and O–H groups in total. The lowest BCUT2D eigenvalue weighted by molar-refractivity contribution is 1.18. The van der Waals surface area contributed by atoms with Crippen LogP contribution in [0.4, 0.5) is 0 Å². The average Bonchev–Trinajstić information content (AvgIpc) is 3.71. The van der Waals surface area contributed by atoms with Crippen molar-refractivity contribution >= 4 is 27.6 Å². The van der Waals surface area contributed by atoms with Gasteiger partial charge in [-0.3, -0.25) is 4.40 Å². The number of imidazole rings is 1. The van der Waals surface area contributed by atoms with E-state index in [-0.39, 0.29) is 0 Å². The number of hydrogen-bond donors (Lipinski definition) is 0. The number of fused-ring (bicyclic) bond motifs is 5. The molecule has 4 heterocycles. The highest BCUT2D eigenvalue weighted by atomic mass is 15.1. The fraction of sp³-hybridized carbons (Fsp3) is 0. The first-order valence-electron chi connectivity index (χ1n) is 19.8. The van der Waals surface area contributed by atoms with Crippen LogP contribution in [0.25, 0.3) is 106 Å². The third-order valence-electron chi connectivity index (χ3n) is 11.1. The van der Waals surface area contributed by atoms with Crippen molar-refractivity contribution in [1.29, 1.82) is 0 Å². The molecule has 276 valence electrons. The first-order chi connectivity index (χ1) is 29.2. The lowest BCUT2D eigenvalue weighted by atomic mass is 9.98. The number of benzene rings is 7. The van der Waals surface area contributed by atoms with Crippen molar-refractivity contribution < 1.29 is 0 Å². The fourth-order valence-corrected chi connectivity index (χ4v) is 8.01. The molecule has 0 radical (unpaired) electrons. The van der Waals surface area contributed by atoms with Crippen LogP contribution >= 0.6 is 0 Å². The Kier molecular flexibility index (Phi) is 8.41. The Balaban J connectivity index is 0.965. The van der Waals surface area contributed by atoms with E-state index in [2.05, 4.69) is 180 Å². The first-order valence-corrected chi connectivity index (χ1v) is 19.8. The minimum atomic E-state index is 0.675. The van der Waals surface area contributed by atoms with Gasteiger partial charge in [0.1, 0.15) is 11.2 Å². The highest BCUT2D eigenvalue weighted by Gasteiger charge is 2.16. The Morgan fingerprint density at radius 2 is 0.780 bits per heavy atom. The Bertz CT molecular complexity index is 3180. The lowest BCUT2D eigenvalue weighted by Gasteiger charge is -2.12. The van der Waals surface area contributed by atoms with Gasteiger partial charge < -0.3 is 0 Å². The number of aromatic nitrogens is 5. The van der Waals surface area contributed by atoms with Crippen molar-refractivity contribution in [2.24, 2.45) is 0 Å². The summed E-state index contributed by atoms with van der Waals surface area (Å²) in [6.07, 6.45) is 2.03. The molecule has 5 heteroatoms. The predicted octanol–water partition coefficient (Wildman–Crippen LogP) is 13.5. The van der Waals surface area contributed by atoms with E-state index in [1.54, 1.807) is 0 Å². The smallest absolute Gasteiger partial charge is 0.165 e. The maximum absolute atomic E-state index is 5.24. The maximum Gasteiger partial charge on any atom is 0.165 e. The Labute approximate surface area is 341 Å². The van der Waals surface area contributed by atoms with Gasteiger partial charge in [-0.15, -0.1) is 0 Å². The van der Waals surface area contributed by atoms with E-state index in [9.17, 15) is 0 Å². The second kappa shape index (κ2) is 14.5. The summed E-state index contributed by atoms with van der Waals surface area (Å²) < 4.78 is 2.07. The van der Waals surface area contributed by atoms with Crippen molar-refractivity contribution in [3.05, 3.63) is 212 Å². The van der Waals surface area contributed by atoms with Crippen LogP contribution in [-0.2, 0) is 0 Å². The van der Waals surface area contributed by atoms with E-state index in [0.29, 0.717) is 5.82 Å². The second-order valence-corrected chi connectivity index (χ2v) is 14.7. The molecule has 7 aromatic carbocycles. The van der Waals surface area contributed by atoms with Gasteiger partial charge in [-0.05, 0) is 57.6 Å². The van der Waals surface area contributed by atoms with E-state index in [1.165, 1.54) is 22.3 Å². The van der Waals surface area contributed by atoms with Gasteiger partial charge in [-0.25, -0.2) is 19.9 Å². The zero-order valence-corrected chi connectivity index (χ0v) is 31.9. The van der Waals surface area contributed by atoms with E-state index < -0.39 is 0 Å². The van der Waals surface area contributed by atoms with E-state index in [1.807, 2.05) is 36.5 Å². The predicted molar refractivity (Wildman–Crippen MR) is 242 cm³/mol. The molecule has 59 heavy (non-hydrogen) atoms. The molecule has 0 aliphatic rings. The van der Waals surface area contributed by atoms with Gasteiger partial charge in [0.25, 0.3) is 0 Å². The summed E-state index contributed by atoms with van der Waals surface area (Å²) in [7, 11) is 0. The third-order valence-corrected chi connectivity index (χ3v) is 11.1. The summed E-state index contributed by atoms with van der Waals surface area (Å²) in [5.41, 5.74) is 16.3. The zero-order chi connectivity index (χ0) is 39.1. The van der Waals surface area contributed by atoms with Crippen LogP contribution in [0, 0.1) is 0 Å². The van der Waals surface area contributed by atoms with Crippen molar-refractivity contribution in [2.45, 2.75) is 0 Å². The van der Waals surface area contributed by atoms with Crippen molar-refractivity contribution in [3.8, 4) is 78.5 Å². The molecule has 11 rings (SSSR count).